The number of anilines is 1. The lowest BCUT2D eigenvalue weighted by molar-refractivity contribution is -0.118. The zero-order chi connectivity index (χ0) is 14.4. The van der Waals surface area contributed by atoms with E-state index in [0.717, 1.165) is 13.0 Å². The van der Waals surface area contributed by atoms with Gasteiger partial charge in [0.2, 0.25) is 0 Å². The van der Waals surface area contributed by atoms with Crippen LogP contribution in [0.1, 0.15) is 13.3 Å². The SMILES string of the molecule is CCCn1cc(OCC(=O)Nc2ccc(F)cc2)cn1. The molecule has 0 fully saturated rings. The zero-order valence-electron chi connectivity index (χ0n) is 11.2. The Kier molecular flexibility index (Phi) is 4.70. The van der Waals surface area contributed by atoms with Gasteiger partial charge in [-0.25, -0.2) is 4.39 Å². The minimum absolute atomic E-state index is 0.116. The molecule has 0 atom stereocenters. The van der Waals surface area contributed by atoms with Crippen LogP contribution in [0.15, 0.2) is 36.7 Å². The highest BCUT2D eigenvalue weighted by Gasteiger charge is 2.05. The first kappa shape index (κ1) is 14.0. The van der Waals surface area contributed by atoms with Crippen LogP contribution in [-0.4, -0.2) is 22.3 Å². The molecule has 0 saturated carbocycles. The van der Waals surface area contributed by atoms with Gasteiger partial charge in [0.1, 0.15) is 5.82 Å². The molecule has 2 aromatic rings. The van der Waals surface area contributed by atoms with Crippen LogP contribution in [0, 0.1) is 5.82 Å². The van der Waals surface area contributed by atoms with Gasteiger partial charge in [0.05, 0.1) is 12.4 Å². The summed E-state index contributed by atoms with van der Waals surface area (Å²) in [4.78, 5) is 11.6. The number of hydrogen-bond donors (Lipinski definition) is 1. The molecular formula is C14H16FN3O2. The summed E-state index contributed by atoms with van der Waals surface area (Å²) in [7, 11) is 0. The summed E-state index contributed by atoms with van der Waals surface area (Å²) < 4.78 is 19.8. The highest BCUT2D eigenvalue weighted by atomic mass is 19.1. The van der Waals surface area contributed by atoms with Gasteiger partial charge in [-0.1, -0.05) is 6.92 Å². The van der Waals surface area contributed by atoms with Crippen LogP contribution in [0.4, 0.5) is 10.1 Å². The van der Waals surface area contributed by atoms with Gasteiger partial charge < -0.3 is 10.1 Å². The van der Waals surface area contributed by atoms with Gasteiger partial charge in [-0.2, -0.15) is 5.10 Å². The fraction of sp³-hybridized carbons (Fsp3) is 0.286. The second-order valence-electron chi connectivity index (χ2n) is 4.28. The number of ether oxygens (including phenoxy) is 1. The highest BCUT2D eigenvalue weighted by Crippen LogP contribution is 2.10. The predicted molar refractivity (Wildman–Crippen MR) is 73.0 cm³/mol. The largest absolute Gasteiger partial charge is 0.480 e. The van der Waals surface area contributed by atoms with Gasteiger partial charge in [0, 0.05) is 12.2 Å². The summed E-state index contributed by atoms with van der Waals surface area (Å²) in [5, 5.41) is 6.71. The van der Waals surface area contributed by atoms with E-state index in [0.29, 0.717) is 11.4 Å². The summed E-state index contributed by atoms with van der Waals surface area (Å²) in [5.74, 6) is -0.102. The Bertz CT molecular complexity index is 566. The molecule has 0 spiro atoms. The molecule has 0 bridgehead atoms. The van der Waals surface area contributed by atoms with E-state index >= 15 is 0 Å². The lowest BCUT2D eigenvalue weighted by atomic mass is 10.3. The number of carbonyl (C=O) groups is 1. The molecule has 1 N–H and O–H groups in total. The first-order chi connectivity index (χ1) is 9.67. The van der Waals surface area contributed by atoms with Crippen molar-refractivity contribution in [2.45, 2.75) is 19.9 Å². The molecule has 0 unspecified atom stereocenters. The van der Waals surface area contributed by atoms with Crippen LogP contribution < -0.4 is 10.1 Å². The number of nitrogens with one attached hydrogen (secondary N) is 1. The van der Waals surface area contributed by atoms with E-state index in [-0.39, 0.29) is 18.3 Å². The van der Waals surface area contributed by atoms with Crippen LogP contribution in [0.25, 0.3) is 0 Å². The molecular weight excluding hydrogens is 261 g/mol. The molecule has 20 heavy (non-hydrogen) atoms. The molecule has 5 nitrogen and oxygen atoms in total. The average Bonchev–Trinajstić information content (AvgIpc) is 2.87. The van der Waals surface area contributed by atoms with E-state index in [1.807, 2.05) is 0 Å². The van der Waals surface area contributed by atoms with Gasteiger partial charge in [0.15, 0.2) is 12.4 Å². The number of carbonyl (C=O) groups excluding carboxylic acids is 1. The van der Waals surface area contributed by atoms with Crippen LogP contribution in [-0.2, 0) is 11.3 Å². The number of aryl methyl sites for hydroxylation is 1. The van der Waals surface area contributed by atoms with Crippen molar-refractivity contribution in [3.8, 4) is 5.75 Å². The van der Waals surface area contributed by atoms with Crippen molar-refractivity contribution in [2.75, 3.05) is 11.9 Å². The Hall–Kier alpha value is -2.37. The molecule has 6 heteroatoms. The Morgan fingerprint density at radius 3 is 2.85 bits per heavy atom. The van der Waals surface area contributed by atoms with Crippen molar-refractivity contribution in [3.05, 3.63) is 42.5 Å². The molecule has 1 aromatic heterocycles. The Morgan fingerprint density at radius 1 is 1.40 bits per heavy atom. The van der Waals surface area contributed by atoms with Crippen molar-refractivity contribution in [1.82, 2.24) is 9.78 Å². The predicted octanol–water partition coefficient (Wildman–Crippen LogP) is 2.45. The van der Waals surface area contributed by atoms with E-state index < -0.39 is 0 Å². The Labute approximate surface area is 116 Å². The van der Waals surface area contributed by atoms with E-state index in [1.165, 1.54) is 24.3 Å². The molecule has 0 saturated heterocycles. The summed E-state index contributed by atoms with van der Waals surface area (Å²) in [6.07, 6.45) is 4.29. The molecule has 1 amide bonds. The molecule has 0 aliphatic heterocycles. The second kappa shape index (κ2) is 6.70. The third-order valence-corrected chi connectivity index (χ3v) is 2.56. The van der Waals surface area contributed by atoms with Gasteiger partial charge in [-0.05, 0) is 30.7 Å². The fourth-order valence-corrected chi connectivity index (χ4v) is 1.65. The smallest absolute Gasteiger partial charge is 0.262 e. The lowest BCUT2D eigenvalue weighted by Crippen LogP contribution is -2.19. The minimum Gasteiger partial charge on any atom is -0.480 e. The maximum absolute atomic E-state index is 12.7. The molecule has 2 rings (SSSR count). The second-order valence-corrected chi connectivity index (χ2v) is 4.28. The van der Waals surface area contributed by atoms with E-state index in [1.54, 1.807) is 17.1 Å². The minimum atomic E-state index is -0.345. The molecule has 0 aliphatic rings. The normalized spacial score (nSPS) is 10.3. The summed E-state index contributed by atoms with van der Waals surface area (Å²) in [6.45, 7) is 2.75. The lowest BCUT2D eigenvalue weighted by Gasteiger charge is -2.05. The first-order valence-electron chi connectivity index (χ1n) is 6.38. The van der Waals surface area contributed by atoms with Crippen LogP contribution >= 0.6 is 0 Å². The van der Waals surface area contributed by atoms with Crippen molar-refractivity contribution in [2.24, 2.45) is 0 Å². The summed E-state index contributed by atoms with van der Waals surface area (Å²) >= 11 is 0. The van der Waals surface area contributed by atoms with Crippen LogP contribution in [0.2, 0.25) is 0 Å². The van der Waals surface area contributed by atoms with Crippen molar-refractivity contribution in [1.29, 1.82) is 0 Å². The quantitative estimate of drug-likeness (QED) is 0.882. The number of amides is 1. The summed E-state index contributed by atoms with van der Waals surface area (Å²) in [6, 6.07) is 5.55. The molecule has 0 radical (unpaired) electrons. The number of rotatable bonds is 6. The highest BCUT2D eigenvalue weighted by molar-refractivity contribution is 5.91. The fourth-order valence-electron chi connectivity index (χ4n) is 1.65. The van der Waals surface area contributed by atoms with E-state index in [2.05, 4.69) is 17.3 Å². The molecule has 1 aromatic carbocycles. The number of hydrogen-bond acceptors (Lipinski definition) is 3. The van der Waals surface area contributed by atoms with Gasteiger partial charge >= 0.3 is 0 Å². The standard InChI is InChI=1S/C14H16FN3O2/c1-2-7-18-9-13(8-16-18)20-10-14(19)17-12-5-3-11(15)4-6-12/h3-6,8-9H,2,7,10H2,1H3,(H,17,19). The van der Waals surface area contributed by atoms with Gasteiger partial charge in [-0.15, -0.1) is 0 Å². The first-order valence-corrected chi connectivity index (χ1v) is 6.38. The van der Waals surface area contributed by atoms with Crippen molar-refractivity contribution in [3.63, 3.8) is 0 Å². The monoisotopic (exact) mass is 277 g/mol. The van der Waals surface area contributed by atoms with Gasteiger partial charge in [0.25, 0.3) is 5.91 Å². The van der Waals surface area contributed by atoms with Crippen LogP contribution in [0.5, 0.6) is 5.75 Å². The number of benzene rings is 1. The van der Waals surface area contributed by atoms with Crippen molar-refractivity contribution < 1.29 is 13.9 Å². The Balaban J connectivity index is 1.80. The third kappa shape index (κ3) is 4.08. The maximum atomic E-state index is 12.7. The topological polar surface area (TPSA) is 56.1 Å². The number of halogens is 1. The zero-order valence-corrected chi connectivity index (χ0v) is 11.2. The summed E-state index contributed by atoms with van der Waals surface area (Å²) in [5.41, 5.74) is 0.529. The number of aromatic nitrogens is 2. The molecule has 106 valence electrons. The Morgan fingerprint density at radius 2 is 2.15 bits per heavy atom. The van der Waals surface area contributed by atoms with Gasteiger partial charge in [-0.3, -0.25) is 9.48 Å². The maximum Gasteiger partial charge on any atom is 0.262 e. The van der Waals surface area contributed by atoms with Crippen molar-refractivity contribution >= 4 is 11.6 Å². The van der Waals surface area contributed by atoms with Crippen LogP contribution in [0.3, 0.4) is 0 Å². The molecule has 0 aliphatic carbocycles. The van der Waals surface area contributed by atoms with E-state index in [9.17, 15) is 9.18 Å². The number of nitrogens with zero attached hydrogens (tertiary/aromatic N) is 2. The average molecular weight is 277 g/mol. The third-order valence-electron chi connectivity index (χ3n) is 2.56. The van der Waals surface area contributed by atoms with E-state index in [4.69, 9.17) is 4.74 Å². The molecule has 1 heterocycles.